The molecule has 2 rings (SSSR count). The molecular formula is C11H11BrF2O2. The Bertz CT molecular complexity index is 378. The molecule has 0 unspecified atom stereocenters. The van der Waals surface area contributed by atoms with E-state index < -0.39 is 11.6 Å². The summed E-state index contributed by atoms with van der Waals surface area (Å²) in [6.07, 6.45) is 1.30. The van der Waals surface area contributed by atoms with Crippen molar-refractivity contribution in [1.29, 1.82) is 0 Å². The third-order valence-electron chi connectivity index (χ3n) is 2.42. The number of hydrogen-bond acceptors (Lipinski definition) is 2. The lowest BCUT2D eigenvalue weighted by molar-refractivity contribution is 0.0237. The van der Waals surface area contributed by atoms with Crippen LogP contribution in [0.2, 0.25) is 0 Å². The monoisotopic (exact) mass is 292 g/mol. The van der Waals surface area contributed by atoms with Crippen molar-refractivity contribution in [3.05, 3.63) is 28.2 Å². The van der Waals surface area contributed by atoms with Crippen LogP contribution in [0.15, 0.2) is 16.6 Å². The Morgan fingerprint density at radius 3 is 2.62 bits per heavy atom. The molecule has 1 saturated heterocycles. The lowest BCUT2D eigenvalue weighted by Crippen LogP contribution is -2.26. The van der Waals surface area contributed by atoms with Crippen LogP contribution in [-0.2, 0) is 4.74 Å². The normalized spacial score (nSPS) is 17.4. The molecule has 5 heteroatoms. The number of benzene rings is 1. The molecule has 0 aromatic heterocycles. The van der Waals surface area contributed by atoms with E-state index in [4.69, 9.17) is 9.47 Å². The van der Waals surface area contributed by atoms with Crippen LogP contribution in [0.1, 0.15) is 12.8 Å². The van der Waals surface area contributed by atoms with Gasteiger partial charge in [0.05, 0.1) is 13.2 Å². The fourth-order valence-electron chi connectivity index (χ4n) is 1.59. The maximum absolute atomic E-state index is 13.4. The highest BCUT2D eigenvalue weighted by Gasteiger charge is 2.19. The van der Waals surface area contributed by atoms with Gasteiger partial charge in [-0.05, 0) is 12.1 Å². The molecule has 0 amide bonds. The lowest BCUT2D eigenvalue weighted by atomic mass is 10.1. The van der Waals surface area contributed by atoms with Crippen LogP contribution in [0, 0.1) is 11.6 Å². The first-order valence-corrected chi connectivity index (χ1v) is 5.85. The zero-order valence-corrected chi connectivity index (χ0v) is 10.1. The van der Waals surface area contributed by atoms with Crippen LogP contribution >= 0.6 is 15.9 Å². The molecule has 0 aliphatic carbocycles. The fraction of sp³-hybridized carbons (Fsp3) is 0.455. The minimum atomic E-state index is -0.935. The molecule has 1 aliphatic rings. The highest BCUT2D eigenvalue weighted by atomic mass is 79.9. The van der Waals surface area contributed by atoms with E-state index in [2.05, 4.69) is 15.9 Å². The molecule has 0 N–H and O–H groups in total. The second-order valence-corrected chi connectivity index (χ2v) is 4.54. The summed E-state index contributed by atoms with van der Waals surface area (Å²) in [5, 5.41) is 0. The predicted molar refractivity (Wildman–Crippen MR) is 58.5 cm³/mol. The van der Waals surface area contributed by atoms with Gasteiger partial charge in [-0.25, -0.2) is 4.39 Å². The molecule has 1 heterocycles. The summed E-state index contributed by atoms with van der Waals surface area (Å²) in [5.74, 6) is -1.88. The zero-order valence-electron chi connectivity index (χ0n) is 8.51. The van der Waals surface area contributed by atoms with E-state index >= 15 is 0 Å². The van der Waals surface area contributed by atoms with Gasteiger partial charge in [-0.3, -0.25) is 0 Å². The van der Waals surface area contributed by atoms with E-state index in [0.29, 0.717) is 30.5 Å². The minimum Gasteiger partial charge on any atom is -0.487 e. The molecule has 0 radical (unpaired) electrons. The number of halogens is 3. The molecule has 88 valence electrons. The largest absolute Gasteiger partial charge is 0.487 e. The maximum atomic E-state index is 13.4. The Kier molecular flexibility index (Phi) is 3.76. The van der Waals surface area contributed by atoms with E-state index in [1.165, 1.54) is 6.07 Å². The van der Waals surface area contributed by atoms with Crippen molar-refractivity contribution in [3.8, 4) is 5.75 Å². The molecule has 1 aromatic carbocycles. The molecule has 1 aliphatic heterocycles. The molecule has 0 atom stereocenters. The third kappa shape index (κ3) is 2.71. The molecule has 0 bridgehead atoms. The smallest absolute Gasteiger partial charge is 0.200 e. The van der Waals surface area contributed by atoms with Gasteiger partial charge in [-0.1, -0.05) is 15.9 Å². The zero-order chi connectivity index (χ0) is 11.5. The maximum Gasteiger partial charge on any atom is 0.200 e. The van der Waals surface area contributed by atoms with Crippen molar-refractivity contribution in [2.75, 3.05) is 13.2 Å². The van der Waals surface area contributed by atoms with Crippen molar-refractivity contribution >= 4 is 15.9 Å². The van der Waals surface area contributed by atoms with Gasteiger partial charge in [-0.15, -0.1) is 0 Å². The first-order valence-electron chi connectivity index (χ1n) is 5.06. The Hall–Kier alpha value is -0.680. The van der Waals surface area contributed by atoms with Crippen LogP contribution < -0.4 is 4.74 Å². The average molecular weight is 293 g/mol. The molecule has 0 saturated carbocycles. The van der Waals surface area contributed by atoms with Gasteiger partial charge in [0.2, 0.25) is 5.82 Å². The fourth-order valence-corrected chi connectivity index (χ4v) is 2.00. The SMILES string of the molecule is Fc1cc(Br)cc(OC2CCOCC2)c1F. The first-order chi connectivity index (χ1) is 7.66. The summed E-state index contributed by atoms with van der Waals surface area (Å²) < 4.78 is 37.5. The Labute approximate surface area is 101 Å². The Balaban J connectivity index is 2.13. The lowest BCUT2D eigenvalue weighted by Gasteiger charge is -2.23. The van der Waals surface area contributed by atoms with Gasteiger partial charge in [0.15, 0.2) is 11.6 Å². The quantitative estimate of drug-likeness (QED) is 0.779. The van der Waals surface area contributed by atoms with Crippen LogP contribution in [-0.4, -0.2) is 19.3 Å². The van der Waals surface area contributed by atoms with Crippen LogP contribution in [0.25, 0.3) is 0 Å². The molecule has 16 heavy (non-hydrogen) atoms. The van der Waals surface area contributed by atoms with Crippen molar-refractivity contribution < 1.29 is 18.3 Å². The predicted octanol–water partition coefficient (Wildman–Crippen LogP) is 3.29. The number of hydrogen-bond donors (Lipinski definition) is 0. The van der Waals surface area contributed by atoms with Crippen LogP contribution in [0.3, 0.4) is 0 Å². The van der Waals surface area contributed by atoms with E-state index in [1.54, 1.807) is 0 Å². The Morgan fingerprint density at radius 1 is 1.25 bits per heavy atom. The van der Waals surface area contributed by atoms with Gasteiger partial charge >= 0.3 is 0 Å². The van der Waals surface area contributed by atoms with Crippen molar-refractivity contribution in [3.63, 3.8) is 0 Å². The molecule has 1 fully saturated rings. The van der Waals surface area contributed by atoms with Gasteiger partial charge in [-0.2, -0.15) is 4.39 Å². The molecule has 1 aromatic rings. The third-order valence-corrected chi connectivity index (χ3v) is 2.88. The van der Waals surface area contributed by atoms with Crippen LogP contribution in [0.4, 0.5) is 8.78 Å². The summed E-state index contributed by atoms with van der Waals surface area (Å²) in [5.41, 5.74) is 0. The van der Waals surface area contributed by atoms with Crippen LogP contribution in [0.5, 0.6) is 5.75 Å². The van der Waals surface area contributed by atoms with Gasteiger partial charge in [0.1, 0.15) is 6.10 Å². The topological polar surface area (TPSA) is 18.5 Å². The molecular weight excluding hydrogens is 282 g/mol. The summed E-state index contributed by atoms with van der Waals surface area (Å²) in [6, 6.07) is 2.51. The van der Waals surface area contributed by atoms with Gasteiger partial charge in [0, 0.05) is 17.3 Å². The van der Waals surface area contributed by atoms with E-state index in [0.717, 1.165) is 6.07 Å². The average Bonchev–Trinajstić information content (AvgIpc) is 2.27. The highest BCUT2D eigenvalue weighted by molar-refractivity contribution is 9.10. The first kappa shape index (κ1) is 11.8. The number of ether oxygens (including phenoxy) is 2. The van der Waals surface area contributed by atoms with Crippen molar-refractivity contribution in [2.45, 2.75) is 18.9 Å². The van der Waals surface area contributed by atoms with E-state index in [9.17, 15) is 8.78 Å². The summed E-state index contributed by atoms with van der Waals surface area (Å²) in [4.78, 5) is 0. The van der Waals surface area contributed by atoms with Gasteiger partial charge in [0.25, 0.3) is 0 Å². The summed E-state index contributed by atoms with van der Waals surface area (Å²) in [6.45, 7) is 1.20. The van der Waals surface area contributed by atoms with Crippen molar-refractivity contribution in [1.82, 2.24) is 0 Å². The molecule has 2 nitrogen and oxygen atoms in total. The minimum absolute atomic E-state index is 0.0428. The number of rotatable bonds is 2. The second kappa shape index (κ2) is 5.10. The van der Waals surface area contributed by atoms with Crippen molar-refractivity contribution in [2.24, 2.45) is 0 Å². The molecule has 0 spiro atoms. The van der Waals surface area contributed by atoms with Gasteiger partial charge < -0.3 is 9.47 Å². The standard InChI is InChI=1S/C11H11BrF2O2/c12-7-5-9(13)11(14)10(6-7)16-8-1-3-15-4-2-8/h5-6,8H,1-4H2. The van der Waals surface area contributed by atoms with E-state index in [-0.39, 0.29) is 11.9 Å². The Morgan fingerprint density at radius 2 is 1.94 bits per heavy atom. The highest BCUT2D eigenvalue weighted by Crippen LogP contribution is 2.27. The summed E-state index contributed by atoms with van der Waals surface area (Å²) in [7, 11) is 0. The summed E-state index contributed by atoms with van der Waals surface area (Å²) >= 11 is 3.10. The van der Waals surface area contributed by atoms with E-state index in [1.807, 2.05) is 0 Å². The second-order valence-electron chi connectivity index (χ2n) is 3.63.